The van der Waals surface area contributed by atoms with Crippen LogP contribution in [0.1, 0.15) is 0 Å². The molecule has 1 aliphatic heterocycles. The molecule has 0 saturated carbocycles. The Hall–Kier alpha value is -0.820. The summed E-state index contributed by atoms with van der Waals surface area (Å²) in [5.41, 5.74) is 0. The summed E-state index contributed by atoms with van der Waals surface area (Å²) in [6, 6.07) is -0.154. The Morgan fingerprint density at radius 3 is 2.07 bits per heavy atom. The summed E-state index contributed by atoms with van der Waals surface area (Å²) in [7, 11) is -1.55. The quantitative estimate of drug-likeness (QED) is 0.611. The van der Waals surface area contributed by atoms with Gasteiger partial charge in [-0.05, 0) is 0 Å². The van der Waals surface area contributed by atoms with Gasteiger partial charge in [-0.1, -0.05) is 0 Å². The molecule has 1 rings (SSSR count). The maximum atomic E-state index is 11.2. The Bertz CT molecular complexity index is 306. The molecule has 0 bridgehead atoms. The fourth-order valence-corrected chi connectivity index (χ4v) is 2.21. The molecule has 0 unspecified atom stereocenters. The highest BCUT2D eigenvalue weighted by Gasteiger charge is 2.25. The normalized spacial score (nSPS) is 19.4. The van der Waals surface area contributed by atoms with Gasteiger partial charge in [0.1, 0.15) is 0 Å². The van der Waals surface area contributed by atoms with E-state index in [0.717, 1.165) is 0 Å². The van der Waals surface area contributed by atoms with Gasteiger partial charge in [0, 0.05) is 33.2 Å². The summed E-state index contributed by atoms with van der Waals surface area (Å²) in [5.74, 6) is 0. The van der Waals surface area contributed by atoms with E-state index in [1.165, 1.54) is 10.6 Å². The van der Waals surface area contributed by atoms with Crippen LogP contribution in [0.5, 0.6) is 0 Å². The van der Waals surface area contributed by atoms with E-state index in [-0.39, 0.29) is 6.03 Å². The lowest BCUT2D eigenvalue weighted by Crippen LogP contribution is -2.52. The van der Waals surface area contributed by atoms with Crippen molar-refractivity contribution >= 4 is 16.1 Å². The van der Waals surface area contributed by atoms with E-state index in [1.54, 1.807) is 11.9 Å². The maximum Gasteiger partial charge on any atom is 0.317 e. The summed E-state index contributed by atoms with van der Waals surface area (Å²) < 4.78 is 23.7. The van der Waals surface area contributed by atoms with Gasteiger partial charge in [0.05, 0.1) is 6.26 Å². The molecule has 1 N–H and O–H groups in total. The first-order valence-corrected chi connectivity index (χ1v) is 6.22. The van der Waals surface area contributed by atoms with Crippen LogP contribution in [0.2, 0.25) is 0 Å². The molecule has 0 aromatic carbocycles. The van der Waals surface area contributed by atoms with Gasteiger partial charge in [-0.3, -0.25) is 0 Å². The average Bonchev–Trinajstić information content (AvgIpc) is 2.15. The number of nitrogens with zero attached hydrogens (tertiary/aromatic N) is 2. The van der Waals surface area contributed by atoms with Gasteiger partial charge in [-0.15, -0.1) is 0 Å². The van der Waals surface area contributed by atoms with Crippen LogP contribution >= 0.6 is 0 Å². The van der Waals surface area contributed by atoms with Gasteiger partial charge in [0.15, 0.2) is 0 Å². The van der Waals surface area contributed by atoms with Crippen LogP contribution in [0.25, 0.3) is 0 Å². The van der Waals surface area contributed by atoms with Crippen LogP contribution in [0, 0.1) is 0 Å². The van der Waals surface area contributed by atoms with E-state index in [4.69, 9.17) is 0 Å². The van der Waals surface area contributed by atoms with Crippen molar-refractivity contribution in [3.05, 3.63) is 0 Å². The highest BCUT2D eigenvalue weighted by Crippen LogP contribution is 2.05. The smallest absolute Gasteiger partial charge is 0.317 e. The number of amides is 2. The number of urea groups is 1. The molecule has 14 heavy (non-hydrogen) atoms. The van der Waals surface area contributed by atoms with Gasteiger partial charge < -0.3 is 10.2 Å². The van der Waals surface area contributed by atoms with Gasteiger partial charge in [-0.2, -0.15) is 4.31 Å². The van der Waals surface area contributed by atoms with Gasteiger partial charge in [0.2, 0.25) is 10.0 Å². The number of carbonyl (C=O) groups excluding carboxylic acids is 1. The molecule has 1 saturated heterocycles. The second-order valence-electron chi connectivity index (χ2n) is 3.20. The van der Waals surface area contributed by atoms with Crippen molar-refractivity contribution in [3.8, 4) is 0 Å². The van der Waals surface area contributed by atoms with E-state index >= 15 is 0 Å². The van der Waals surface area contributed by atoms with E-state index in [2.05, 4.69) is 5.32 Å². The predicted molar refractivity (Wildman–Crippen MR) is 52.4 cm³/mol. The Morgan fingerprint density at radius 1 is 1.21 bits per heavy atom. The summed E-state index contributed by atoms with van der Waals surface area (Å²) >= 11 is 0. The van der Waals surface area contributed by atoms with Gasteiger partial charge in [0.25, 0.3) is 0 Å². The molecule has 0 atom stereocenters. The van der Waals surface area contributed by atoms with Crippen LogP contribution in [0.4, 0.5) is 4.79 Å². The zero-order valence-electron chi connectivity index (χ0n) is 8.36. The second-order valence-corrected chi connectivity index (χ2v) is 5.19. The van der Waals surface area contributed by atoms with Crippen LogP contribution < -0.4 is 5.32 Å². The Balaban J connectivity index is 2.51. The lowest BCUT2D eigenvalue weighted by atomic mass is 10.4. The minimum absolute atomic E-state index is 0.154. The molecular formula is C7H15N3O3S. The van der Waals surface area contributed by atoms with Crippen molar-refractivity contribution in [3.63, 3.8) is 0 Å². The minimum Gasteiger partial charge on any atom is -0.341 e. The fourth-order valence-electron chi connectivity index (χ4n) is 1.38. The minimum atomic E-state index is -3.11. The standard InChI is InChI=1S/C7H15N3O3S/c1-8-7(11)9-3-5-10(6-4-9)14(2,12)13/h3-6H2,1-2H3,(H,8,11). The third-order valence-electron chi connectivity index (χ3n) is 2.21. The maximum absolute atomic E-state index is 11.2. The molecule has 2 amide bonds. The molecule has 0 aliphatic carbocycles. The van der Waals surface area contributed by atoms with Gasteiger partial charge in [-0.25, -0.2) is 13.2 Å². The summed E-state index contributed by atoms with van der Waals surface area (Å²) in [6.45, 7) is 1.66. The van der Waals surface area contributed by atoms with E-state index in [1.807, 2.05) is 0 Å². The van der Waals surface area contributed by atoms with Crippen LogP contribution in [0.15, 0.2) is 0 Å². The molecule has 1 aliphatic rings. The monoisotopic (exact) mass is 221 g/mol. The van der Waals surface area contributed by atoms with Crippen LogP contribution in [-0.2, 0) is 10.0 Å². The largest absolute Gasteiger partial charge is 0.341 e. The number of nitrogens with one attached hydrogen (secondary N) is 1. The molecule has 82 valence electrons. The molecule has 0 radical (unpaired) electrons. The first-order chi connectivity index (χ1) is 6.45. The van der Waals surface area contributed by atoms with Crippen molar-refractivity contribution in [2.45, 2.75) is 0 Å². The van der Waals surface area contributed by atoms with E-state index < -0.39 is 10.0 Å². The summed E-state index contributed by atoms with van der Waals surface area (Å²) in [4.78, 5) is 12.8. The molecule has 6 nitrogen and oxygen atoms in total. The number of hydrogen-bond donors (Lipinski definition) is 1. The highest BCUT2D eigenvalue weighted by molar-refractivity contribution is 7.88. The number of hydrogen-bond acceptors (Lipinski definition) is 3. The van der Waals surface area contributed by atoms with Crippen molar-refractivity contribution in [2.75, 3.05) is 39.5 Å². The van der Waals surface area contributed by atoms with Crippen molar-refractivity contribution in [1.29, 1.82) is 0 Å². The van der Waals surface area contributed by atoms with E-state index in [0.29, 0.717) is 26.2 Å². The fraction of sp³-hybridized carbons (Fsp3) is 0.857. The number of rotatable bonds is 1. The first-order valence-electron chi connectivity index (χ1n) is 4.37. The van der Waals surface area contributed by atoms with Crippen molar-refractivity contribution in [2.24, 2.45) is 0 Å². The third-order valence-corrected chi connectivity index (χ3v) is 3.51. The average molecular weight is 221 g/mol. The second kappa shape index (κ2) is 4.14. The molecule has 0 aromatic rings. The van der Waals surface area contributed by atoms with Crippen molar-refractivity contribution < 1.29 is 13.2 Å². The topological polar surface area (TPSA) is 69.7 Å². The van der Waals surface area contributed by atoms with Crippen LogP contribution in [0.3, 0.4) is 0 Å². The molecule has 7 heteroatoms. The number of sulfonamides is 1. The Kier molecular flexibility index (Phi) is 3.33. The molecule has 1 fully saturated rings. The van der Waals surface area contributed by atoms with E-state index in [9.17, 15) is 13.2 Å². The third kappa shape index (κ3) is 2.58. The zero-order chi connectivity index (χ0) is 10.8. The highest BCUT2D eigenvalue weighted by atomic mass is 32.2. The summed E-state index contributed by atoms with van der Waals surface area (Å²) in [6.07, 6.45) is 1.18. The molecule has 0 spiro atoms. The number of piperazine rings is 1. The molecular weight excluding hydrogens is 206 g/mol. The SMILES string of the molecule is CNC(=O)N1CCN(S(C)(=O)=O)CC1. The Morgan fingerprint density at radius 2 is 1.71 bits per heavy atom. The predicted octanol–water partition coefficient (Wildman–Crippen LogP) is -1.10. The molecule has 0 aromatic heterocycles. The van der Waals surface area contributed by atoms with Crippen molar-refractivity contribution in [1.82, 2.24) is 14.5 Å². The van der Waals surface area contributed by atoms with Crippen LogP contribution in [-0.4, -0.2) is 63.1 Å². The number of carbonyl (C=O) groups is 1. The van der Waals surface area contributed by atoms with Gasteiger partial charge >= 0.3 is 6.03 Å². The lowest BCUT2D eigenvalue weighted by Gasteiger charge is -2.32. The lowest BCUT2D eigenvalue weighted by molar-refractivity contribution is 0.174. The summed E-state index contributed by atoms with van der Waals surface area (Å²) in [5, 5.41) is 2.51. The Labute approximate surface area is 83.9 Å². The zero-order valence-corrected chi connectivity index (χ0v) is 9.17. The molecule has 1 heterocycles. The first kappa shape index (κ1) is 11.3.